The third-order valence-electron chi connectivity index (χ3n) is 5.37. The minimum Gasteiger partial charge on any atom is -0.218 e. The highest BCUT2D eigenvalue weighted by atomic mass is 80.0. The molecule has 4 rings (SSSR count). The highest BCUT2D eigenvalue weighted by Gasteiger charge is 2.38. The van der Waals surface area contributed by atoms with Crippen LogP contribution in [0.5, 0.6) is 0 Å². The number of halogens is 6. The Morgan fingerprint density at radius 3 is 1.11 bits per heavy atom. The number of rotatable bonds is 4. The van der Waals surface area contributed by atoms with Crippen molar-refractivity contribution >= 4 is 105 Å². The van der Waals surface area contributed by atoms with Gasteiger partial charge in [0.15, 0.2) is 4.29 Å². The summed E-state index contributed by atoms with van der Waals surface area (Å²) in [6.45, 7) is 0. The molecule has 0 aliphatic carbocycles. The van der Waals surface area contributed by atoms with E-state index >= 15 is 0 Å². The Labute approximate surface area is 255 Å². The van der Waals surface area contributed by atoms with Crippen LogP contribution < -0.4 is 0 Å². The van der Waals surface area contributed by atoms with Gasteiger partial charge < -0.3 is 0 Å². The van der Waals surface area contributed by atoms with Gasteiger partial charge >= 0.3 is 0 Å². The molecule has 0 aliphatic heterocycles. The molecule has 0 spiro atoms. The third-order valence-corrected chi connectivity index (χ3v) is 9.59. The van der Waals surface area contributed by atoms with Gasteiger partial charge in [0.2, 0.25) is 9.84 Å². The molecule has 2 nitrogen and oxygen atoms in total. The van der Waals surface area contributed by atoms with Crippen LogP contribution in [0.4, 0.5) is 0 Å². The summed E-state index contributed by atoms with van der Waals surface area (Å²) in [5, 5.41) is 0. The van der Waals surface area contributed by atoms with E-state index in [1.807, 2.05) is 72.8 Å². The largest absolute Gasteiger partial charge is 0.218 e. The maximum atomic E-state index is 14.4. The number of benzene rings is 4. The standard InChI is InChI=1S/C26H16Br6O2S/c27-25(28,29)23-19(17-9-3-1-4-10-17)13-7-15-21(23)35(33,34)22-16-8-14-20(24(22)26(30,31)32)18-11-5-2-6-12-18/h1-16H. The van der Waals surface area contributed by atoms with Crippen molar-refractivity contribution < 1.29 is 8.42 Å². The summed E-state index contributed by atoms with van der Waals surface area (Å²) in [6.07, 6.45) is 0. The molecule has 0 amide bonds. The number of alkyl halides is 6. The van der Waals surface area contributed by atoms with E-state index < -0.39 is 14.1 Å². The fraction of sp³-hybridized carbons (Fsp3) is 0.0769. The van der Waals surface area contributed by atoms with Crippen LogP contribution in [0, 0.1) is 0 Å². The Bertz CT molecular complexity index is 1350. The van der Waals surface area contributed by atoms with Crippen molar-refractivity contribution in [2.75, 3.05) is 0 Å². The lowest BCUT2D eigenvalue weighted by atomic mass is 10.0. The summed E-state index contributed by atoms with van der Waals surface area (Å²) >= 11 is 21.6. The van der Waals surface area contributed by atoms with Crippen molar-refractivity contribution in [3.05, 3.63) is 108 Å². The second-order valence-electron chi connectivity index (χ2n) is 7.59. The van der Waals surface area contributed by atoms with Crippen LogP contribution in [0.2, 0.25) is 0 Å². The number of hydrogen-bond acceptors (Lipinski definition) is 2. The van der Waals surface area contributed by atoms with Crippen LogP contribution >= 0.6 is 95.6 Å². The lowest BCUT2D eigenvalue weighted by Gasteiger charge is -2.25. The van der Waals surface area contributed by atoms with Crippen molar-refractivity contribution in [2.45, 2.75) is 14.1 Å². The molecule has 4 aromatic carbocycles. The molecular weight excluding hydrogens is 856 g/mol. The Kier molecular flexibility index (Phi) is 8.58. The maximum absolute atomic E-state index is 14.4. The normalized spacial score (nSPS) is 12.5. The molecule has 0 N–H and O–H groups in total. The van der Waals surface area contributed by atoms with Gasteiger partial charge in [-0.15, -0.1) is 0 Å². The molecule has 0 aliphatic rings. The fourth-order valence-electron chi connectivity index (χ4n) is 3.93. The molecule has 35 heavy (non-hydrogen) atoms. The summed E-state index contributed by atoms with van der Waals surface area (Å²) in [6, 6.07) is 30.0. The highest BCUT2D eigenvalue weighted by molar-refractivity contribution is 9.39. The van der Waals surface area contributed by atoms with Crippen molar-refractivity contribution in [3.8, 4) is 22.3 Å². The molecule has 0 bridgehead atoms. The molecule has 9 heteroatoms. The van der Waals surface area contributed by atoms with Gasteiger partial charge in [0.1, 0.15) is 0 Å². The lowest BCUT2D eigenvalue weighted by molar-refractivity contribution is 0.594. The van der Waals surface area contributed by atoms with E-state index in [1.165, 1.54) is 0 Å². The highest BCUT2D eigenvalue weighted by Crippen LogP contribution is 2.54. The first-order valence-corrected chi connectivity index (χ1v) is 16.4. The van der Waals surface area contributed by atoms with Gasteiger partial charge in [-0.3, -0.25) is 0 Å². The molecule has 0 aromatic heterocycles. The number of hydrogen-bond donors (Lipinski definition) is 0. The van der Waals surface area contributed by atoms with Crippen molar-refractivity contribution in [1.29, 1.82) is 0 Å². The Morgan fingerprint density at radius 2 is 0.800 bits per heavy atom. The first kappa shape index (κ1) is 27.7. The average Bonchev–Trinajstić information content (AvgIpc) is 2.83. The molecule has 0 unspecified atom stereocenters. The second kappa shape index (κ2) is 10.8. The van der Waals surface area contributed by atoms with Crippen LogP contribution in [-0.4, -0.2) is 8.42 Å². The number of sulfone groups is 1. The van der Waals surface area contributed by atoms with Gasteiger partial charge in [0.05, 0.1) is 9.79 Å². The van der Waals surface area contributed by atoms with Crippen molar-refractivity contribution in [1.82, 2.24) is 0 Å². The Balaban J connectivity index is 2.06. The SMILES string of the molecule is O=S(=O)(c1cccc(-c2ccccc2)c1C(Br)(Br)Br)c1cccc(-c2ccccc2)c1C(Br)(Br)Br. The van der Waals surface area contributed by atoms with Crippen LogP contribution in [-0.2, 0) is 14.1 Å². The van der Waals surface area contributed by atoms with Gasteiger partial charge in [-0.25, -0.2) is 8.42 Å². The quantitative estimate of drug-likeness (QED) is 0.192. The third kappa shape index (κ3) is 5.91. The zero-order valence-electron chi connectivity index (χ0n) is 17.7. The molecule has 0 saturated carbocycles. The molecule has 180 valence electrons. The topological polar surface area (TPSA) is 34.1 Å². The van der Waals surface area contributed by atoms with Crippen LogP contribution in [0.15, 0.2) is 107 Å². The van der Waals surface area contributed by atoms with E-state index in [0.717, 1.165) is 22.3 Å². The van der Waals surface area contributed by atoms with Crippen LogP contribution in [0.3, 0.4) is 0 Å². The zero-order chi connectivity index (χ0) is 25.4. The molecule has 0 atom stereocenters. The first-order chi connectivity index (χ1) is 16.4. The van der Waals surface area contributed by atoms with Gasteiger partial charge in [-0.2, -0.15) is 0 Å². The van der Waals surface area contributed by atoms with E-state index in [0.29, 0.717) is 11.1 Å². The van der Waals surface area contributed by atoms with Gasteiger partial charge in [-0.05, 0) is 34.4 Å². The maximum Gasteiger partial charge on any atom is 0.207 e. The van der Waals surface area contributed by atoms with E-state index in [1.54, 1.807) is 24.3 Å². The van der Waals surface area contributed by atoms with Crippen molar-refractivity contribution in [2.24, 2.45) is 0 Å². The van der Waals surface area contributed by atoms with E-state index in [-0.39, 0.29) is 9.79 Å². The van der Waals surface area contributed by atoms with E-state index in [9.17, 15) is 8.42 Å². The molecule has 0 radical (unpaired) electrons. The summed E-state index contributed by atoms with van der Waals surface area (Å²) in [4.78, 5) is 0.348. The van der Waals surface area contributed by atoms with Gasteiger partial charge in [0, 0.05) is 11.1 Å². The van der Waals surface area contributed by atoms with Crippen LogP contribution in [0.25, 0.3) is 22.3 Å². The van der Waals surface area contributed by atoms with E-state index in [2.05, 4.69) is 95.6 Å². The molecule has 0 heterocycles. The minimum absolute atomic E-state index is 0.174. The van der Waals surface area contributed by atoms with Gasteiger partial charge in [-0.1, -0.05) is 181 Å². The second-order valence-corrected chi connectivity index (χ2v) is 23.0. The average molecular weight is 872 g/mol. The van der Waals surface area contributed by atoms with Crippen molar-refractivity contribution in [3.63, 3.8) is 0 Å². The van der Waals surface area contributed by atoms with E-state index in [4.69, 9.17) is 0 Å². The molecule has 0 saturated heterocycles. The Hall–Kier alpha value is -0.290. The first-order valence-electron chi connectivity index (χ1n) is 10.2. The predicted molar refractivity (Wildman–Crippen MR) is 166 cm³/mol. The molecular formula is C26H16Br6O2S. The van der Waals surface area contributed by atoms with Crippen LogP contribution in [0.1, 0.15) is 11.1 Å². The smallest absolute Gasteiger partial charge is 0.207 e. The Morgan fingerprint density at radius 1 is 0.457 bits per heavy atom. The summed E-state index contributed by atoms with van der Waals surface area (Å²) in [7, 11) is -4.01. The summed E-state index contributed by atoms with van der Waals surface area (Å²) in [5.41, 5.74) is 4.45. The summed E-state index contributed by atoms with van der Waals surface area (Å²) in [5.74, 6) is 0. The summed E-state index contributed by atoms with van der Waals surface area (Å²) < 4.78 is 26.9. The monoisotopic (exact) mass is 866 g/mol. The zero-order valence-corrected chi connectivity index (χ0v) is 28.1. The van der Waals surface area contributed by atoms with Gasteiger partial charge in [0.25, 0.3) is 0 Å². The predicted octanol–water partition coefficient (Wildman–Crippen LogP) is 10.4. The minimum atomic E-state index is -4.01. The molecule has 0 fully saturated rings. The molecule has 4 aromatic rings. The fourth-order valence-corrected chi connectivity index (χ4v) is 9.10. The lowest BCUT2D eigenvalue weighted by Crippen LogP contribution is -2.16.